The van der Waals surface area contributed by atoms with Crippen LogP contribution in [0.5, 0.6) is 0 Å². The predicted octanol–water partition coefficient (Wildman–Crippen LogP) is 5.14. The van der Waals surface area contributed by atoms with Gasteiger partial charge in [-0.1, -0.05) is 62.9 Å². The molecule has 0 heterocycles. The van der Waals surface area contributed by atoms with Gasteiger partial charge in [0.25, 0.3) is 0 Å². The van der Waals surface area contributed by atoms with E-state index >= 15 is 0 Å². The van der Waals surface area contributed by atoms with Gasteiger partial charge in [0.05, 0.1) is 17.0 Å². The Hall–Kier alpha value is -1.17. The Morgan fingerprint density at radius 1 is 1.13 bits per heavy atom. The van der Waals surface area contributed by atoms with E-state index < -0.39 is 10.9 Å². The summed E-state index contributed by atoms with van der Waals surface area (Å²) in [5, 5.41) is 11.6. The van der Waals surface area contributed by atoms with Crippen molar-refractivity contribution in [3.8, 4) is 0 Å². The number of aliphatic hydroxyl groups excluding tert-OH is 1. The molecule has 0 saturated heterocycles. The number of rotatable bonds is 3. The monoisotopic (exact) mass is 444 g/mol. The van der Waals surface area contributed by atoms with Crippen molar-refractivity contribution in [2.75, 3.05) is 7.11 Å². The summed E-state index contributed by atoms with van der Waals surface area (Å²) in [6.07, 6.45) is 3.59. The second kappa shape index (κ2) is 8.00. The van der Waals surface area contributed by atoms with Crippen LogP contribution in [-0.4, -0.2) is 40.1 Å². The van der Waals surface area contributed by atoms with Crippen LogP contribution < -0.4 is 0 Å². The largest absolute Gasteiger partial charge is 0.392 e. The van der Waals surface area contributed by atoms with Gasteiger partial charge < -0.3 is 9.84 Å². The van der Waals surface area contributed by atoms with E-state index in [2.05, 4.69) is 20.8 Å². The molecule has 3 saturated carbocycles. The van der Waals surface area contributed by atoms with Crippen LogP contribution in [0.4, 0.5) is 0 Å². The SMILES string of the molecule is CO[C@@H]1CCC23CCC(C)[C@](C)(C12)[C@H](O)C[C@@](C)(SC(=O)c1ccccc1)C(=O)[C@@H]3C. The van der Waals surface area contributed by atoms with Crippen LogP contribution in [0.1, 0.15) is 70.2 Å². The minimum atomic E-state index is -0.951. The van der Waals surface area contributed by atoms with Crippen LogP contribution in [0.2, 0.25) is 0 Å². The number of hydrogen-bond acceptors (Lipinski definition) is 5. The first-order valence-corrected chi connectivity index (χ1v) is 12.5. The molecular weight excluding hydrogens is 408 g/mol. The Kier molecular flexibility index (Phi) is 5.94. The number of ketones is 1. The second-order valence-electron chi connectivity index (χ2n) is 10.6. The molecule has 0 spiro atoms. The molecule has 170 valence electrons. The van der Waals surface area contributed by atoms with Crippen molar-refractivity contribution in [1.29, 1.82) is 0 Å². The number of carbonyl (C=O) groups excluding carboxylic acids is 2. The summed E-state index contributed by atoms with van der Waals surface area (Å²) in [6.45, 7) is 8.41. The molecule has 2 bridgehead atoms. The lowest BCUT2D eigenvalue weighted by Crippen LogP contribution is -2.63. The van der Waals surface area contributed by atoms with Crippen molar-refractivity contribution >= 4 is 22.7 Å². The van der Waals surface area contributed by atoms with E-state index in [0.717, 1.165) is 37.4 Å². The molecule has 4 rings (SSSR count). The Labute approximate surface area is 190 Å². The van der Waals surface area contributed by atoms with Crippen LogP contribution in [0.25, 0.3) is 0 Å². The van der Waals surface area contributed by atoms with Crippen molar-refractivity contribution in [2.24, 2.45) is 28.6 Å². The van der Waals surface area contributed by atoms with E-state index in [1.54, 1.807) is 19.2 Å². The summed E-state index contributed by atoms with van der Waals surface area (Å²) in [7, 11) is 1.77. The lowest BCUT2D eigenvalue weighted by molar-refractivity contribution is -0.182. The highest BCUT2D eigenvalue weighted by atomic mass is 32.2. The van der Waals surface area contributed by atoms with E-state index in [0.29, 0.717) is 17.9 Å². The molecule has 0 radical (unpaired) electrons. The normalized spacial score (nSPS) is 45.0. The summed E-state index contributed by atoms with van der Waals surface area (Å²) >= 11 is 1.11. The van der Waals surface area contributed by atoms with Gasteiger partial charge in [-0.25, -0.2) is 0 Å². The summed E-state index contributed by atoms with van der Waals surface area (Å²) in [5.41, 5.74) is 0.0851. The fraction of sp³-hybridized carbons (Fsp3) is 0.692. The van der Waals surface area contributed by atoms with Gasteiger partial charge in [-0.2, -0.15) is 0 Å². The minimum Gasteiger partial charge on any atom is -0.392 e. The molecular formula is C26H36O4S. The Bertz CT molecular complexity index is 856. The molecule has 4 nitrogen and oxygen atoms in total. The maximum absolute atomic E-state index is 14.0. The first-order chi connectivity index (χ1) is 14.6. The molecule has 0 amide bonds. The fourth-order valence-corrected chi connectivity index (χ4v) is 8.52. The Balaban J connectivity index is 1.77. The molecule has 0 aliphatic heterocycles. The van der Waals surface area contributed by atoms with Gasteiger partial charge in [-0.3, -0.25) is 9.59 Å². The fourth-order valence-electron chi connectivity index (χ4n) is 7.34. The first-order valence-electron chi connectivity index (χ1n) is 11.6. The highest BCUT2D eigenvalue weighted by Crippen LogP contribution is 2.68. The Morgan fingerprint density at radius 2 is 1.77 bits per heavy atom. The van der Waals surface area contributed by atoms with Crippen LogP contribution in [0.3, 0.4) is 0 Å². The molecule has 0 aromatic heterocycles. The van der Waals surface area contributed by atoms with Gasteiger partial charge >= 0.3 is 0 Å². The standard InChI is InChI=1S/C26H36O4S/c1-16-11-13-26-14-12-19(30-5)21(26)25(16,4)20(27)15-24(3,22(28)17(26)2)31-23(29)18-9-7-6-8-10-18/h6-10,16-17,19-21,27H,11-15H2,1-5H3/t16?,17-,19+,20+,21?,24+,25-,26?/m0/s1. The van der Waals surface area contributed by atoms with Crippen LogP contribution in [-0.2, 0) is 9.53 Å². The molecule has 3 aliphatic carbocycles. The van der Waals surface area contributed by atoms with E-state index in [9.17, 15) is 14.7 Å². The van der Waals surface area contributed by atoms with Crippen LogP contribution in [0, 0.1) is 28.6 Å². The van der Waals surface area contributed by atoms with Crippen molar-refractivity contribution in [3.05, 3.63) is 35.9 Å². The number of carbonyl (C=O) groups is 2. The maximum atomic E-state index is 14.0. The number of hydrogen-bond donors (Lipinski definition) is 1. The zero-order valence-corrected chi connectivity index (χ0v) is 20.2. The number of Topliss-reactive ketones (excluding diaryl/α,β-unsaturated/α-hetero) is 1. The minimum absolute atomic E-state index is 0.0700. The lowest BCUT2D eigenvalue weighted by atomic mass is 9.45. The van der Waals surface area contributed by atoms with E-state index in [1.807, 2.05) is 25.1 Å². The van der Waals surface area contributed by atoms with Gasteiger partial charge in [0.2, 0.25) is 5.12 Å². The lowest BCUT2D eigenvalue weighted by Gasteiger charge is -2.61. The second-order valence-corrected chi connectivity index (χ2v) is 12.1. The molecule has 1 aromatic rings. The van der Waals surface area contributed by atoms with Gasteiger partial charge in [0.1, 0.15) is 0 Å². The topological polar surface area (TPSA) is 63.6 Å². The van der Waals surface area contributed by atoms with Crippen molar-refractivity contribution in [2.45, 2.75) is 76.8 Å². The zero-order valence-electron chi connectivity index (χ0n) is 19.4. The highest BCUT2D eigenvalue weighted by Gasteiger charge is 2.68. The average molecular weight is 445 g/mol. The van der Waals surface area contributed by atoms with E-state index in [1.165, 1.54) is 0 Å². The molecule has 31 heavy (non-hydrogen) atoms. The van der Waals surface area contributed by atoms with Crippen molar-refractivity contribution in [3.63, 3.8) is 0 Å². The summed E-state index contributed by atoms with van der Waals surface area (Å²) in [5.74, 6) is 0.426. The highest BCUT2D eigenvalue weighted by molar-refractivity contribution is 8.15. The molecule has 1 N–H and O–H groups in total. The van der Waals surface area contributed by atoms with Crippen molar-refractivity contribution < 1.29 is 19.4 Å². The maximum Gasteiger partial charge on any atom is 0.220 e. The molecule has 5 heteroatoms. The Morgan fingerprint density at radius 3 is 2.42 bits per heavy atom. The number of ether oxygens (including phenoxy) is 1. The molecule has 3 unspecified atom stereocenters. The first kappa shape index (κ1) is 23.0. The number of thioether (sulfide) groups is 1. The van der Waals surface area contributed by atoms with E-state index in [-0.39, 0.29) is 39.7 Å². The van der Waals surface area contributed by atoms with Gasteiger partial charge in [-0.05, 0) is 56.3 Å². The summed E-state index contributed by atoms with van der Waals surface area (Å²) in [6, 6.07) is 9.14. The van der Waals surface area contributed by atoms with Crippen LogP contribution >= 0.6 is 11.8 Å². The molecule has 3 aliphatic rings. The summed E-state index contributed by atoms with van der Waals surface area (Å²) in [4.78, 5) is 27.1. The number of methoxy groups -OCH3 is 1. The molecule has 8 atom stereocenters. The molecule has 1 aromatic carbocycles. The van der Waals surface area contributed by atoms with Crippen molar-refractivity contribution in [1.82, 2.24) is 0 Å². The van der Waals surface area contributed by atoms with Gasteiger partial charge in [0, 0.05) is 24.0 Å². The van der Waals surface area contributed by atoms with Gasteiger partial charge in [0.15, 0.2) is 5.78 Å². The van der Waals surface area contributed by atoms with E-state index in [4.69, 9.17) is 4.74 Å². The third-order valence-electron chi connectivity index (χ3n) is 9.37. The zero-order chi connectivity index (χ0) is 22.6. The number of aliphatic hydroxyl groups is 1. The summed E-state index contributed by atoms with van der Waals surface area (Å²) < 4.78 is 5.00. The smallest absolute Gasteiger partial charge is 0.220 e. The number of benzene rings is 1. The van der Waals surface area contributed by atoms with Crippen LogP contribution in [0.15, 0.2) is 30.3 Å². The predicted molar refractivity (Wildman–Crippen MR) is 124 cm³/mol. The van der Waals surface area contributed by atoms with Gasteiger partial charge in [-0.15, -0.1) is 0 Å². The third kappa shape index (κ3) is 3.34. The average Bonchev–Trinajstić information content (AvgIpc) is 3.16. The molecule has 3 fully saturated rings. The quantitative estimate of drug-likeness (QED) is 0.700. The third-order valence-corrected chi connectivity index (χ3v) is 10.6.